The second-order valence-electron chi connectivity index (χ2n) is 8.63. The van der Waals surface area contributed by atoms with E-state index in [1.165, 1.54) is 7.11 Å². The van der Waals surface area contributed by atoms with Crippen molar-refractivity contribution in [3.05, 3.63) is 18.6 Å². The Hall–Kier alpha value is -0.653. The topological polar surface area (TPSA) is 55.8 Å². The number of aliphatic hydroxyl groups excluding tert-OH is 1. The Morgan fingerprint density at radius 1 is 1.28 bits per heavy atom. The first-order valence-corrected chi connectivity index (χ1v) is 12.2. The molecule has 1 saturated carbocycles. The van der Waals surface area contributed by atoms with Gasteiger partial charge in [0.05, 0.1) is 13.2 Å². The van der Waals surface area contributed by atoms with Crippen LogP contribution in [0.1, 0.15) is 52.9 Å². The van der Waals surface area contributed by atoms with Gasteiger partial charge in [0.15, 0.2) is 8.32 Å². The van der Waals surface area contributed by atoms with Crippen molar-refractivity contribution in [3.8, 4) is 0 Å². The fourth-order valence-electron chi connectivity index (χ4n) is 2.83. The van der Waals surface area contributed by atoms with E-state index in [0.717, 1.165) is 24.8 Å². The lowest BCUT2D eigenvalue weighted by Gasteiger charge is -2.38. The first-order chi connectivity index (χ1) is 11.5. The molecule has 1 N–H and O–H groups in total. The summed E-state index contributed by atoms with van der Waals surface area (Å²) in [7, 11) is -0.420. The largest absolute Gasteiger partial charge is 0.469 e. The predicted molar refractivity (Wildman–Crippen MR) is 104 cm³/mol. The maximum absolute atomic E-state index is 11.2. The number of aliphatic hydroxyl groups is 1. The highest BCUT2D eigenvalue weighted by Gasteiger charge is 2.41. The van der Waals surface area contributed by atoms with Crippen molar-refractivity contribution in [2.24, 2.45) is 11.8 Å². The van der Waals surface area contributed by atoms with Crippen LogP contribution in [0.25, 0.3) is 0 Å². The monoisotopic (exact) mass is 368 g/mol. The molecular formula is C20H36O4Si. The number of carbonyl (C=O) groups is 1. The van der Waals surface area contributed by atoms with Crippen LogP contribution in [0.5, 0.6) is 0 Å². The van der Waals surface area contributed by atoms with E-state index in [1.807, 2.05) is 0 Å². The van der Waals surface area contributed by atoms with Gasteiger partial charge in [0.2, 0.25) is 0 Å². The minimum absolute atomic E-state index is 0.0437. The summed E-state index contributed by atoms with van der Waals surface area (Å²) in [4.78, 5) is 11.2. The molecule has 1 aliphatic carbocycles. The molecule has 2 radical (unpaired) electrons. The minimum Gasteiger partial charge on any atom is -0.469 e. The van der Waals surface area contributed by atoms with Crippen LogP contribution in [0.4, 0.5) is 0 Å². The fraction of sp³-hybridized carbons (Fsp3) is 0.800. The van der Waals surface area contributed by atoms with Gasteiger partial charge in [-0.1, -0.05) is 32.9 Å². The molecule has 3 unspecified atom stereocenters. The lowest BCUT2D eigenvalue weighted by molar-refractivity contribution is -0.140. The lowest BCUT2D eigenvalue weighted by atomic mass is 9.86. The molecule has 0 aromatic heterocycles. The number of carbonyl (C=O) groups excluding carboxylic acids is 1. The molecule has 0 bridgehead atoms. The molecule has 0 aromatic rings. The molecule has 1 rings (SSSR count). The molecule has 1 fully saturated rings. The number of ether oxygens (including phenoxy) is 1. The number of hydrogen-bond acceptors (Lipinski definition) is 4. The Morgan fingerprint density at radius 3 is 2.44 bits per heavy atom. The number of hydrogen-bond donors (Lipinski definition) is 1. The normalized spacial score (nSPS) is 24.4. The zero-order valence-electron chi connectivity index (χ0n) is 16.9. The zero-order valence-corrected chi connectivity index (χ0v) is 17.9. The van der Waals surface area contributed by atoms with Gasteiger partial charge in [0, 0.05) is 18.9 Å². The summed E-state index contributed by atoms with van der Waals surface area (Å²) in [6, 6.07) is 0. The number of allylic oxidation sites excluding steroid dienone is 1. The summed E-state index contributed by atoms with van der Waals surface area (Å²) in [6.07, 6.45) is 6.56. The first-order valence-electron chi connectivity index (χ1n) is 9.29. The molecule has 5 heteroatoms. The average Bonchev–Trinajstić information content (AvgIpc) is 2.89. The van der Waals surface area contributed by atoms with E-state index >= 15 is 0 Å². The summed E-state index contributed by atoms with van der Waals surface area (Å²) in [5.74, 6) is -0.0409. The third-order valence-corrected chi connectivity index (χ3v) is 10.2. The van der Waals surface area contributed by atoms with E-state index in [2.05, 4.69) is 51.6 Å². The van der Waals surface area contributed by atoms with E-state index < -0.39 is 14.4 Å². The Balaban J connectivity index is 2.52. The van der Waals surface area contributed by atoms with Gasteiger partial charge in [-0.25, -0.2) is 0 Å². The van der Waals surface area contributed by atoms with Crippen LogP contribution in [-0.4, -0.2) is 39.2 Å². The van der Waals surface area contributed by atoms with Gasteiger partial charge in [0.25, 0.3) is 0 Å². The first kappa shape index (κ1) is 22.4. The van der Waals surface area contributed by atoms with E-state index in [1.54, 1.807) is 0 Å². The average molecular weight is 369 g/mol. The van der Waals surface area contributed by atoms with Crippen molar-refractivity contribution < 1.29 is 19.1 Å². The van der Waals surface area contributed by atoms with E-state index in [-0.39, 0.29) is 22.8 Å². The molecule has 0 aromatic carbocycles. The molecule has 3 atom stereocenters. The van der Waals surface area contributed by atoms with Crippen LogP contribution in [0, 0.1) is 18.3 Å². The van der Waals surface area contributed by atoms with Crippen LogP contribution >= 0.6 is 0 Å². The lowest BCUT2D eigenvalue weighted by Crippen LogP contribution is -2.43. The third-order valence-electron chi connectivity index (χ3n) is 5.71. The number of methoxy groups -OCH3 is 1. The second-order valence-corrected chi connectivity index (χ2v) is 13.4. The van der Waals surface area contributed by atoms with Gasteiger partial charge in [-0.05, 0) is 56.2 Å². The standard InChI is InChI=1S/C20H36O4Si/c1-15(10-8-9-11-19(22)23-5)16-12-13-18(21)17(16)14-24-25(6,7)20(2,3)4/h16-18,21H,1,8-11,13-14H2,2-7H3. The van der Waals surface area contributed by atoms with E-state index in [4.69, 9.17) is 4.43 Å². The van der Waals surface area contributed by atoms with E-state index in [9.17, 15) is 9.90 Å². The Kier molecular flexibility index (Phi) is 8.36. The molecule has 4 nitrogen and oxygen atoms in total. The van der Waals surface area contributed by atoms with E-state index in [0.29, 0.717) is 19.4 Å². The van der Waals surface area contributed by atoms with Crippen molar-refractivity contribution in [1.82, 2.24) is 0 Å². The van der Waals surface area contributed by atoms with Crippen LogP contribution in [0.3, 0.4) is 0 Å². The molecule has 0 aliphatic heterocycles. The molecule has 0 heterocycles. The molecule has 0 saturated heterocycles. The van der Waals surface area contributed by atoms with Crippen LogP contribution in [0.15, 0.2) is 12.2 Å². The van der Waals surface area contributed by atoms with Gasteiger partial charge in [-0.3, -0.25) is 4.79 Å². The Labute approximate surface area is 155 Å². The highest BCUT2D eigenvalue weighted by Crippen LogP contribution is 2.41. The second kappa shape index (κ2) is 9.33. The summed E-state index contributed by atoms with van der Waals surface area (Å²) in [5, 5.41) is 10.5. The maximum Gasteiger partial charge on any atom is 0.305 e. The van der Waals surface area contributed by atoms with Crippen LogP contribution < -0.4 is 0 Å². The van der Waals surface area contributed by atoms with Crippen LogP contribution in [0.2, 0.25) is 18.1 Å². The fourth-order valence-corrected chi connectivity index (χ4v) is 3.87. The van der Waals surface area contributed by atoms with Crippen LogP contribution in [-0.2, 0) is 14.0 Å². The minimum atomic E-state index is -1.83. The van der Waals surface area contributed by atoms with Crippen molar-refractivity contribution in [3.63, 3.8) is 0 Å². The molecular weight excluding hydrogens is 332 g/mol. The van der Waals surface area contributed by atoms with Gasteiger partial charge in [-0.2, -0.15) is 0 Å². The quantitative estimate of drug-likeness (QED) is 0.284. The molecule has 25 heavy (non-hydrogen) atoms. The van der Waals surface area contributed by atoms with Gasteiger partial charge < -0.3 is 14.3 Å². The van der Waals surface area contributed by atoms with Crippen molar-refractivity contribution in [1.29, 1.82) is 0 Å². The van der Waals surface area contributed by atoms with Gasteiger partial charge in [-0.15, -0.1) is 0 Å². The number of esters is 1. The zero-order chi connectivity index (χ0) is 19.3. The van der Waals surface area contributed by atoms with Gasteiger partial charge in [0.1, 0.15) is 0 Å². The predicted octanol–water partition coefficient (Wildman–Crippen LogP) is 4.38. The maximum atomic E-state index is 11.2. The summed E-state index contributed by atoms with van der Waals surface area (Å²) in [6.45, 7) is 15.9. The molecule has 0 spiro atoms. The van der Waals surface area contributed by atoms with Crippen molar-refractivity contribution in [2.75, 3.05) is 13.7 Å². The Morgan fingerprint density at radius 2 is 1.88 bits per heavy atom. The molecule has 1 aliphatic rings. The van der Waals surface area contributed by atoms with Crippen molar-refractivity contribution in [2.45, 2.75) is 77.1 Å². The highest BCUT2D eigenvalue weighted by atomic mass is 28.4. The Bertz CT molecular complexity index is 453. The molecule has 0 amide bonds. The smallest absolute Gasteiger partial charge is 0.305 e. The highest BCUT2D eigenvalue weighted by molar-refractivity contribution is 6.74. The number of rotatable bonds is 9. The SMILES string of the molecule is C=C(CCCCC(=O)OC)C1[C]CC(O)C1CO[Si](C)(C)C(C)(C)C. The molecule has 144 valence electrons. The summed E-state index contributed by atoms with van der Waals surface area (Å²) in [5.41, 5.74) is 1.09. The van der Waals surface area contributed by atoms with Crippen molar-refractivity contribution >= 4 is 14.3 Å². The third kappa shape index (κ3) is 6.54. The van der Waals surface area contributed by atoms with Gasteiger partial charge >= 0.3 is 5.97 Å². The summed E-state index contributed by atoms with van der Waals surface area (Å²) < 4.78 is 11.0. The number of unbranched alkanes of at least 4 members (excludes halogenated alkanes) is 1. The summed E-state index contributed by atoms with van der Waals surface area (Å²) >= 11 is 0.